The Bertz CT molecular complexity index is 479. The summed E-state index contributed by atoms with van der Waals surface area (Å²) in [6.07, 6.45) is 4.96. The van der Waals surface area contributed by atoms with Crippen LogP contribution in [0.15, 0.2) is 28.7 Å². The van der Waals surface area contributed by atoms with E-state index in [0.717, 1.165) is 4.47 Å². The molecule has 0 aliphatic rings. The van der Waals surface area contributed by atoms with Gasteiger partial charge in [0.15, 0.2) is 0 Å². The molecule has 1 atom stereocenters. The minimum Gasteiger partial charge on any atom is -0.480 e. The predicted octanol–water partition coefficient (Wildman–Crippen LogP) is 2.05. The number of urea groups is 1. The molecule has 5 nitrogen and oxygen atoms in total. The first-order valence-corrected chi connectivity index (χ1v) is 5.81. The number of carboxylic acids is 1. The molecule has 3 N–H and O–H groups in total. The van der Waals surface area contributed by atoms with Crippen molar-refractivity contribution in [1.29, 1.82) is 0 Å². The third-order valence-electron chi connectivity index (χ3n) is 2.03. The number of terminal acetylenes is 1. The fourth-order valence-electron chi connectivity index (χ4n) is 1.18. The third kappa shape index (κ3) is 4.47. The van der Waals surface area contributed by atoms with Crippen LogP contribution in [0, 0.1) is 12.3 Å². The van der Waals surface area contributed by atoms with Crippen molar-refractivity contribution in [3.63, 3.8) is 0 Å². The van der Waals surface area contributed by atoms with Crippen molar-refractivity contribution in [3.8, 4) is 12.3 Å². The van der Waals surface area contributed by atoms with Gasteiger partial charge in [-0.2, -0.15) is 0 Å². The van der Waals surface area contributed by atoms with Crippen molar-refractivity contribution in [3.05, 3.63) is 28.7 Å². The second-order valence-corrected chi connectivity index (χ2v) is 4.32. The number of hydrogen-bond acceptors (Lipinski definition) is 2. The van der Waals surface area contributed by atoms with Gasteiger partial charge in [-0.25, -0.2) is 9.59 Å². The van der Waals surface area contributed by atoms with E-state index in [4.69, 9.17) is 11.5 Å². The molecule has 0 aliphatic heterocycles. The summed E-state index contributed by atoms with van der Waals surface area (Å²) in [7, 11) is 0. The maximum Gasteiger partial charge on any atom is 0.327 e. The third-order valence-corrected chi connectivity index (χ3v) is 2.56. The highest BCUT2D eigenvalue weighted by Crippen LogP contribution is 2.13. The highest BCUT2D eigenvalue weighted by molar-refractivity contribution is 9.10. The van der Waals surface area contributed by atoms with Gasteiger partial charge >= 0.3 is 12.0 Å². The van der Waals surface area contributed by atoms with Gasteiger partial charge in [-0.1, -0.05) is 15.9 Å². The van der Waals surface area contributed by atoms with E-state index in [0.29, 0.717) is 5.69 Å². The highest BCUT2D eigenvalue weighted by atomic mass is 79.9. The maximum absolute atomic E-state index is 11.5. The van der Waals surface area contributed by atoms with Crippen molar-refractivity contribution >= 4 is 33.6 Å². The van der Waals surface area contributed by atoms with E-state index in [1.54, 1.807) is 24.3 Å². The van der Waals surface area contributed by atoms with Crippen molar-refractivity contribution in [2.24, 2.45) is 0 Å². The van der Waals surface area contributed by atoms with Crippen LogP contribution in [0.25, 0.3) is 0 Å². The van der Waals surface area contributed by atoms with Gasteiger partial charge < -0.3 is 15.7 Å². The second-order valence-electron chi connectivity index (χ2n) is 3.40. The number of carbonyl (C=O) groups excluding carboxylic acids is 1. The van der Waals surface area contributed by atoms with Crippen LogP contribution >= 0.6 is 15.9 Å². The normalized spacial score (nSPS) is 11.1. The summed E-state index contributed by atoms with van der Waals surface area (Å²) in [4.78, 5) is 22.3. The molecule has 0 bridgehead atoms. The maximum atomic E-state index is 11.5. The van der Waals surface area contributed by atoms with E-state index in [-0.39, 0.29) is 6.42 Å². The number of hydrogen-bond donors (Lipinski definition) is 3. The summed E-state index contributed by atoms with van der Waals surface area (Å²) in [6, 6.07) is 5.17. The van der Waals surface area contributed by atoms with Crippen molar-refractivity contribution in [2.45, 2.75) is 12.5 Å². The lowest BCUT2D eigenvalue weighted by atomic mass is 10.2. The minimum absolute atomic E-state index is 0.0664. The molecule has 0 radical (unpaired) electrons. The lowest BCUT2D eigenvalue weighted by molar-refractivity contribution is -0.139. The number of carbonyl (C=O) groups is 2. The van der Waals surface area contributed by atoms with E-state index in [1.165, 1.54) is 0 Å². The smallest absolute Gasteiger partial charge is 0.327 e. The van der Waals surface area contributed by atoms with Gasteiger partial charge in [0.05, 0.1) is 0 Å². The van der Waals surface area contributed by atoms with Gasteiger partial charge in [-0.05, 0) is 24.3 Å². The van der Waals surface area contributed by atoms with Crippen LogP contribution < -0.4 is 10.6 Å². The lowest BCUT2D eigenvalue weighted by Crippen LogP contribution is -2.42. The van der Waals surface area contributed by atoms with Crippen LogP contribution in [-0.4, -0.2) is 23.1 Å². The average molecular weight is 311 g/mol. The van der Waals surface area contributed by atoms with Gasteiger partial charge in [-0.3, -0.25) is 0 Å². The number of nitrogens with one attached hydrogen (secondary N) is 2. The minimum atomic E-state index is -1.17. The van der Waals surface area contributed by atoms with Gasteiger partial charge in [0.1, 0.15) is 6.04 Å². The Balaban J connectivity index is 2.58. The molecule has 1 unspecified atom stereocenters. The van der Waals surface area contributed by atoms with Crippen LogP contribution in [-0.2, 0) is 4.79 Å². The Labute approximate surface area is 113 Å². The molecule has 0 saturated heterocycles. The van der Waals surface area contributed by atoms with E-state index in [1.807, 2.05) is 0 Å². The van der Waals surface area contributed by atoms with Crippen LogP contribution in [0.2, 0.25) is 0 Å². The molecule has 0 spiro atoms. The number of benzene rings is 1. The van der Waals surface area contributed by atoms with Gasteiger partial charge in [-0.15, -0.1) is 12.3 Å². The fourth-order valence-corrected chi connectivity index (χ4v) is 1.44. The Morgan fingerprint density at radius 1 is 1.39 bits per heavy atom. The SMILES string of the molecule is C#CCC(NC(=O)Nc1ccc(Br)cc1)C(=O)O. The predicted molar refractivity (Wildman–Crippen MR) is 71.2 cm³/mol. The lowest BCUT2D eigenvalue weighted by Gasteiger charge is -2.12. The number of carboxylic acid groups (broad SMARTS) is 1. The molecule has 6 heteroatoms. The Hall–Kier alpha value is -2.00. The number of rotatable bonds is 4. The standard InChI is InChI=1S/C12H11BrN2O3/c1-2-3-10(11(16)17)15-12(18)14-9-6-4-8(13)5-7-9/h1,4-7,10H,3H2,(H,16,17)(H2,14,15,18). The molecule has 0 heterocycles. The fraction of sp³-hybridized carbons (Fsp3) is 0.167. The van der Waals surface area contributed by atoms with E-state index in [9.17, 15) is 9.59 Å². The van der Waals surface area contributed by atoms with Gasteiger partial charge in [0, 0.05) is 16.6 Å². The molecular weight excluding hydrogens is 300 g/mol. The van der Waals surface area contributed by atoms with Crippen LogP contribution in [0.3, 0.4) is 0 Å². The largest absolute Gasteiger partial charge is 0.480 e. The summed E-state index contributed by atoms with van der Waals surface area (Å²) in [5, 5.41) is 13.6. The summed E-state index contributed by atoms with van der Waals surface area (Å²) >= 11 is 3.26. The quantitative estimate of drug-likeness (QED) is 0.745. The van der Waals surface area contributed by atoms with Crippen molar-refractivity contribution in [1.82, 2.24) is 5.32 Å². The zero-order valence-electron chi connectivity index (χ0n) is 9.31. The molecule has 1 aromatic carbocycles. The summed E-state index contributed by atoms with van der Waals surface area (Å²) in [6.45, 7) is 0. The number of anilines is 1. The monoisotopic (exact) mass is 310 g/mol. The van der Waals surface area contributed by atoms with E-state index >= 15 is 0 Å². The molecule has 0 aliphatic carbocycles. The zero-order valence-corrected chi connectivity index (χ0v) is 10.9. The van der Waals surface area contributed by atoms with E-state index in [2.05, 4.69) is 32.5 Å². The summed E-state index contributed by atoms with van der Waals surface area (Å²) < 4.78 is 0.879. The van der Waals surface area contributed by atoms with Crippen LogP contribution in [0.1, 0.15) is 6.42 Å². The van der Waals surface area contributed by atoms with Gasteiger partial charge in [0.25, 0.3) is 0 Å². The van der Waals surface area contributed by atoms with Crippen molar-refractivity contribution < 1.29 is 14.7 Å². The Kier molecular flexibility index (Phi) is 5.21. The first kappa shape index (κ1) is 14.1. The Morgan fingerprint density at radius 3 is 2.50 bits per heavy atom. The Morgan fingerprint density at radius 2 is 2.00 bits per heavy atom. The average Bonchev–Trinajstić information content (AvgIpc) is 2.31. The number of amides is 2. The second kappa shape index (κ2) is 6.67. The molecule has 18 heavy (non-hydrogen) atoms. The molecule has 1 rings (SSSR count). The van der Waals surface area contributed by atoms with Crippen molar-refractivity contribution in [2.75, 3.05) is 5.32 Å². The number of halogens is 1. The summed E-state index contributed by atoms with van der Waals surface area (Å²) in [5.74, 6) is 1.03. The highest BCUT2D eigenvalue weighted by Gasteiger charge is 2.18. The molecule has 94 valence electrons. The molecule has 0 aromatic heterocycles. The molecule has 2 amide bonds. The summed E-state index contributed by atoms with van der Waals surface area (Å²) in [5.41, 5.74) is 0.556. The van der Waals surface area contributed by atoms with Crippen LogP contribution in [0.4, 0.5) is 10.5 Å². The number of aliphatic carboxylic acids is 1. The van der Waals surface area contributed by atoms with Crippen LogP contribution in [0.5, 0.6) is 0 Å². The van der Waals surface area contributed by atoms with E-state index < -0.39 is 18.0 Å². The topological polar surface area (TPSA) is 78.4 Å². The molecule has 0 saturated carbocycles. The molecule has 1 aromatic rings. The molecular formula is C12H11BrN2O3. The van der Waals surface area contributed by atoms with Gasteiger partial charge in [0.2, 0.25) is 0 Å². The first-order chi connectivity index (χ1) is 8.52. The molecule has 0 fully saturated rings. The first-order valence-electron chi connectivity index (χ1n) is 5.02. The zero-order chi connectivity index (χ0) is 13.5.